The molecule has 110 valence electrons. The Balaban J connectivity index is 1.95. The number of benzene rings is 2. The average Bonchev–Trinajstić information content (AvgIpc) is 2.77. The van der Waals surface area contributed by atoms with Gasteiger partial charge in [0.1, 0.15) is 5.70 Å². The summed E-state index contributed by atoms with van der Waals surface area (Å²) in [6.07, 6.45) is 1.65. The number of aryl methyl sites for hydroxylation is 1. The van der Waals surface area contributed by atoms with Crippen molar-refractivity contribution < 1.29 is 9.59 Å². The number of carbonyl (C=O) groups is 2. The van der Waals surface area contributed by atoms with E-state index in [4.69, 9.17) is 11.6 Å². The fourth-order valence-corrected chi connectivity index (χ4v) is 2.44. The van der Waals surface area contributed by atoms with Gasteiger partial charge in [0.25, 0.3) is 5.91 Å². The second-order valence-corrected chi connectivity index (χ2v) is 5.40. The van der Waals surface area contributed by atoms with Crippen molar-refractivity contribution in [1.82, 2.24) is 5.32 Å². The van der Waals surface area contributed by atoms with Gasteiger partial charge in [0.15, 0.2) is 0 Å². The van der Waals surface area contributed by atoms with E-state index in [1.54, 1.807) is 30.3 Å². The maximum absolute atomic E-state index is 12.5. The number of halogens is 1. The molecule has 3 amide bonds. The first-order valence-corrected chi connectivity index (χ1v) is 7.12. The number of nitrogens with zero attached hydrogens (tertiary/aromatic N) is 1. The lowest BCUT2D eigenvalue weighted by Gasteiger charge is -2.13. The molecule has 0 aliphatic carbocycles. The SMILES string of the molecule is Cc1ccc(/C=C2/NC(=O)N(c3ccccc3Cl)C2=O)cc1. The zero-order chi connectivity index (χ0) is 15.7. The third-order valence-electron chi connectivity index (χ3n) is 3.36. The summed E-state index contributed by atoms with van der Waals surface area (Å²) in [4.78, 5) is 25.6. The summed E-state index contributed by atoms with van der Waals surface area (Å²) < 4.78 is 0. The van der Waals surface area contributed by atoms with Gasteiger partial charge in [-0.3, -0.25) is 4.79 Å². The second-order valence-electron chi connectivity index (χ2n) is 4.99. The first kappa shape index (κ1) is 14.4. The molecule has 4 nitrogen and oxygen atoms in total. The van der Waals surface area contributed by atoms with Gasteiger partial charge in [-0.25, -0.2) is 9.69 Å². The molecule has 22 heavy (non-hydrogen) atoms. The highest BCUT2D eigenvalue weighted by atomic mass is 35.5. The van der Waals surface area contributed by atoms with Gasteiger partial charge in [-0.2, -0.15) is 0 Å². The van der Waals surface area contributed by atoms with Gasteiger partial charge < -0.3 is 5.32 Å². The van der Waals surface area contributed by atoms with Crippen molar-refractivity contribution in [2.24, 2.45) is 0 Å². The van der Waals surface area contributed by atoms with Crippen LogP contribution in [0.5, 0.6) is 0 Å². The molecule has 0 unspecified atom stereocenters. The largest absolute Gasteiger partial charge is 0.333 e. The van der Waals surface area contributed by atoms with Crippen LogP contribution < -0.4 is 10.2 Å². The van der Waals surface area contributed by atoms with Crippen LogP contribution >= 0.6 is 11.6 Å². The average molecular weight is 313 g/mol. The van der Waals surface area contributed by atoms with E-state index in [0.29, 0.717) is 10.7 Å². The minimum Gasteiger partial charge on any atom is -0.302 e. The number of anilines is 1. The Kier molecular flexibility index (Phi) is 3.69. The van der Waals surface area contributed by atoms with Crippen molar-refractivity contribution >= 4 is 35.3 Å². The Labute approximate surface area is 133 Å². The lowest BCUT2D eigenvalue weighted by molar-refractivity contribution is -0.113. The van der Waals surface area contributed by atoms with Crippen molar-refractivity contribution in [2.75, 3.05) is 4.90 Å². The molecule has 0 saturated carbocycles. The highest BCUT2D eigenvalue weighted by Gasteiger charge is 2.35. The minimum atomic E-state index is -0.503. The number of urea groups is 1. The summed E-state index contributed by atoms with van der Waals surface area (Å²) in [6, 6.07) is 13.9. The van der Waals surface area contributed by atoms with E-state index in [2.05, 4.69) is 5.32 Å². The Bertz CT molecular complexity index is 782. The van der Waals surface area contributed by atoms with Crippen molar-refractivity contribution in [1.29, 1.82) is 0 Å². The van der Waals surface area contributed by atoms with E-state index in [1.807, 2.05) is 31.2 Å². The molecule has 1 saturated heterocycles. The number of hydrogen-bond donors (Lipinski definition) is 1. The van der Waals surface area contributed by atoms with Crippen LogP contribution in [0, 0.1) is 6.92 Å². The number of carbonyl (C=O) groups excluding carboxylic acids is 2. The fourth-order valence-electron chi connectivity index (χ4n) is 2.22. The van der Waals surface area contributed by atoms with Gasteiger partial charge in [-0.15, -0.1) is 0 Å². The molecule has 0 bridgehead atoms. The van der Waals surface area contributed by atoms with Crippen LogP contribution in [0.25, 0.3) is 6.08 Å². The van der Waals surface area contributed by atoms with Gasteiger partial charge in [-0.1, -0.05) is 53.6 Å². The highest BCUT2D eigenvalue weighted by molar-refractivity contribution is 6.37. The number of para-hydroxylation sites is 1. The van der Waals surface area contributed by atoms with Crippen molar-refractivity contribution in [3.05, 3.63) is 70.4 Å². The summed E-state index contributed by atoms with van der Waals surface area (Å²) in [5.41, 5.74) is 2.57. The molecule has 0 radical (unpaired) electrons. The van der Waals surface area contributed by atoms with Crippen LogP contribution in [0.15, 0.2) is 54.2 Å². The molecular weight excluding hydrogens is 300 g/mol. The van der Waals surface area contributed by atoms with Crippen LogP contribution in [-0.4, -0.2) is 11.9 Å². The first-order chi connectivity index (χ1) is 10.6. The zero-order valence-corrected chi connectivity index (χ0v) is 12.6. The Morgan fingerprint density at radius 3 is 2.41 bits per heavy atom. The number of imide groups is 1. The summed E-state index contributed by atoms with van der Waals surface area (Å²) in [7, 11) is 0. The van der Waals surface area contributed by atoms with Gasteiger partial charge in [0, 0.05) is 0 Å². The zero-order valence-electron chi connectivity index (χ0n) is 11.8. The van der Waals surface area contributed by atoms with Crippen molar-refractivity contribution in [3.63, 3.8) is 0 Å². The van der Waals surface area contributed by atoms with E-state index in [9.17, 15) is 9.59 Å². The monoisotopic (exact) mass is 312 g/mol. The number of amides is 3. The summed E-state index contributed by atoms with van der Waals surface area (Å²) in [5, 5.41) is 2.93. The standard InChI is InChI=1S/C17H13ClN2O2/c1-11-6-8-12(9-7-11)10-14-16(21)20(17(22)19-14)15-5-3-2-4-13(15)18/h2-10H,1H3,(H,19,22)/b14-10+. The molecule has 2 aromatic rings. The van der Waals surface area contributed by atoms with E-state index in [-0.39, 0.29) is 5.70 Å². The van der Waals surface area contributed by atoms with Gasteiger partial charge in [-0.05, 0) is 30.7 Å². The normalized spacial score (nSPS) is 16.3. The molecule has 1 aliphatic heterocycles. The van der Waals surface area contributed by atoms with E-state index in [1.165, 1.54) is 0 Å². The third-order valence-corrected chi connectivity index (χ3v) is 3.68. The van der Waals surface area contributed by atoms with Crippen molar-refractivity contribution in [2.45, 2.75) is 6.92 Å². The summed E-state index contributed by atoms with van der Waals surface area (Å²) in [6.45, 7) is 1.98. The molecule has 5 heteroatoms. The van der Waals surface area contributed by atoms with Crippen LogP contribution in [0.4, 0.5) is 10.5 Å². The maximum Gasteiger partial charge on any atom is 0.333 e. The van der Waals surface area contributed by atoms with Crippen molar-refractivity contribution in [3.8, 4) is 0 Å². The van der Waals surface area contributed by atoms with Gasteiger partial charge in [0.2, 0.25) is 0 Å². The molecule has 0 aromatic heterocycles. The molecular formula is C17H13ClN2O2. The molecule has 1 fully saturated rings. The minimum absolute atomic E-state index is 0.230. The van der Waals surface area contributed by atoms with Crippen LogP contribution in [-0.2, 0) is 4.79 Å². The second kappa shape index (κ2) is 5.66. The van der Waals surface area contributed by atoms with Gasteiger partial charge >= 0.3 is 6.03 Å². The van der Waals surface area contributed by atoms with Crippen LogP contribution in [0.1, 0.15) is 11.1 Å². The Morgan fingerprint density at radius 2 is 1.73 bits per heavy atom. The fraction of sp³-hybridized carbons (Fsp3) is 0.0588. The number of rotatable bonds is 2. The lowest BCUT2D eigenvalue weighted by atomic mass is 10.1. The number of nitrogens with one attached hydrogen (secondary N) is 1. The van der Waals surface area contributed by atoms with Gasteiger partial charge in [0.05, 0.1) is 10.7 Å². The Hall–Kier alpha value is -2.59. The predicted octanol–water partition coefficient (Wildman–Crippen LogP) is 3.75. The van der Waals surface area contributed by atoms with E-state index < -0.39 is 11.9 Å². The summed E-state index contributed by atoms with van der Waals surface area (Å²) >= 11 is 6.07. The first-order valence-electron chi connectivity index (χ1n) is 6.74. The van der Waals surface area contributed by atoms with Crippen LogP contribution in [0.3, 0.4) is 0 Å². The van der Waals surface area contributed by atoms with E-state index in [0.717, 1.165) is 16.0 Å². The van der Waals surface area contributed by atoms with E-state index >= 15 is 0 Å². The lowest BCUT2D eigenvalue weighted by Crippen LogP contribution is -2.30. The molecule has 0 spiro atoms. The predicted molar refractivity (Wildman–Crippen MR) is 86.6 cm³/mol. The molecule has 1 heterocycles. The topological polar surface area (TPSA) is 49.4 Å². The molecule has 0 atom stereocenters. The smallest absolute Gasteiger partial charge is 0.302 e. The third kappa shape index (κ3) is 2.61. The molecule has 1 aliphatic rings. The maximum atomic E-state index is 12.5. The highest BCUT2D eigenvalue weighted by Crippen LogP contribution is 2.29. The summed E-state index contributed by atoms with van der Waals surface area (Å²) in [5.74, 6) is -0.418. The number of hydrogen-bond acceptors (Lipinski definition) is 2. The van der Waals surface area contributed by atoms with Crippen LogP contribution in [0.2, 0.25) is 5.02 Å². The molecule has 3 rings (SSSR count). The Morgan fingerprint density at radius 1 is 1.05 bits per heavy atom. The molecule has 1 N–H and O–H groups in total. The molecule has 2 aromatic carbocycles. The quantitative estimate of drug-likeness (QED) is 0.678.